The fraction of sp³-hybridized carbons (Fsp3) is 0.429. The summed E-state index contributed by atoms with van der Waals surface area (Å²) in [6, 6.07) is 6.75. The highest BCUT2D eigenvalue weighted by Crippen LogP contribution is 2.15. The van der Waals surface area contributed by atoms with Gasteiger partial charge in [0.25, 0.3) is 5.91 Å². The van der Waals surface area contributed by atoms with E-state index in [1.165, 1.54) is 0 Å². The van der Waals surface area contributed by atoms with E-state index in [1.54, 1.807) is 31.3 Å². The molecule has 104 valence electrons. The maximum Gasteiger partial charge on any atom is 0.253 e. The first kappa shape index (κ1) is 15.2. The Kier molecular flexibility index (Phi) is 6.02. The maximum absolute atomic E-state index is 11.8. The molecule has 0 spiro atoms. The fourth-order valence-corrected chi connectivity index (χ4v) is 1.84. The Balaban J connectivity index is 2.71. The van der Waals surface area contributed by atoms with Gasteiger partial charge in [-0.1, -0.05) is 25.5 Å². The largest absolute Gasteiger partial charge is 0.355 e. The molecule has 4 N–H and O–H groups in total. The van der Waals surface area contributed by atoms with Crippen molar-refractivity contribution in [1.82, 2.24) is 5.32 Å². The SMILES string of the molecule is CCCC(N)CC(=O)Nc1ccccc1C(=O)NC. The van der Waals surface area contributed by atoms with Crippen LogP contribution in [0.25, 0.3) is 0 Å². The summed E-state index contributed by atoms with van der Waals surface area (Å²) in [5.74, 6) is -0.397. The first-order valence-electron chi connectivity index (χ1n) is 6.45. The van der Waals surface area contributed by atoms with Crippen LogP contribution in [0.4, 0.5) is 5.69 Å². The lowest BCUT2D eigenvalue weighted by Crippen LogP contribution is -2.28. The van der Waals surface area contributed by atoms with Gasteiger partial charge in [0.1, 0.15) is 0 Å². The molecule has 1 atom stereocenters. The number of amides is 2. The lowest BCUT2D eigenvalue weighted by atomic mass is 10.1. The summed E-state index contributed by atoms with van der Waals surface area (Å²) in [5, 5.41) is 5.28. The molecule has 1 aromatic carbocycles. The molecule has 0 saturated carbocycles. The number of rotatable bonds is 6. The highest BCUT2D eigenvalue weighted by Gasteiger charge is 2.13. The predicted octanol–water partition coefficient (Wildman–Crippen LogP) is 1.50. The molecule has 0 aliphatic rings. The molecule has 1 aromatic rings. The lowest BCUT2D eigenvalue weighted by Gasteiger charge is -2.12. The molecule has 0 radical (unpaired) electrons. The van der Waals surface area contributed by atoms with Crippen LogP contribution in [-0.2, 0) is 4.79 Å². The van der Waals surface area contributed by atoms with Crippen molar-refractivity contribution in [2.75, 3.05) is 12.4 Å². The average Bonchev–Trinajstić information content (AvgIpc) is 2.38. The molecule has 1 rings (SSSR count). The summed E-state index contributed by atoms with van der Waals surface area (Å²) in [4.78, 5) is 23.5. The van der Waals surface area contributed by atoms with Gasteiger partial charge in [-0.05, 0) is 18.6 Å². The molecule has 0 heterocycles. The summed E-state index contributed by atoms with van der Waals surface area (Å²) < 4.78 is 0. The zero-order valence-corrected chi connectivity index (χ0v) is 11.4. The van der Waals surface area contributed by atoms with Crippen molar-refractivity contribution < 1.29 is 9.59 Å². The molecule has 0 aromatic heterocycles. The van der Waals surface area contributed by atoms with Crippen molar-refractivity contribution >= 4 is 17.5 Å². The van der Waals surface area contributed by atoms with E-state index >= 15 is 0 Å². The molecule has 2 amide bonds. The van der Waals surface area contributed by atoms with Crippen molar-refractivity contribution in [3.63, 3.8) is 0 Å². The minimum absolute atomic E-state index is 0.142. The van der Waals surface area contributed by atoms with E-state index in [2.05, 4.69) is 10.6 Å². The van der Waals surface area contributed by atoms with E-state index in [1.807, 2.05) is 6.92 Å². The van der Waals surface area contributed by atoms with Gasteiger partial charge >= 0.3 is 0 Å². The minimum Gasteiger partial charge on any atom is -0.355 e. The van der Waals surface area contributed by atoms with Gasteiger partial charge in [-0.2, -0.15) is 0 Å². The average molecular weight is 263 g/mol. The van der Waals surface area contributed by atoms with Crippen LogP contribution < -0.4 is 16.4 Å². The van der Waals surface area contributed by atoms with Gasteiger partial charge in [-0.25, -0.2) is 0 Å². The number of para-hydroxylation sites is 1. The first-order chi connectivity index (χ1) is 9.08. The van der Waals surface area contributed by atoms with Gasteiger partial charge in [0.05, 0.1) is 11.3 Å². The Morgan fingerprint density at radius 1 is 1.32 bits per heavy atom. The monoisotopic (exact) mass is 263 g/mol. The highest BCUT2D eigenvalue weighted by molar-refractivity contribution is 6.03. The van der Waals surface area contributed by atoms with Gasteiger partial charge in [-0.15, -0.1) is 0 Å². The van der Waals surface area contributed by atoms with Crippen LogP contribution in [0, 0.1) is 0 Å². The van der Waals surface area contributed by atoms with Crippen LogP contribution in [0.2, 0.25) is 0 Å². The van der Waals surface area contributed by atoms with Crippen LogP contribution in [0.3, 0.4) is 0 Å². The molecule has 0 fully saturated rings. The number of nitrogens with two attached hydrogens (primary N) is 1. The van der Waals surface area contributed by atoms with E-state index in [0.717, 1.165) is 12.8 Å². The topological polar surface area (TPSA) is 84.2 Å². The predicted molar refractivity (Wildman–Crippen MR) is 76.0 cm³/mol. The molecule has 0 saturated heterocycles. The van der Waals surface area contributed by atoms with Crippen molar-refractivity contribution in [2.24, 2.45) is 5.73 Å². The van der Waals surface area contributed by atoms with Gasteiger partial charge in [0.15, 0.2) is 0 Å². The Hall–Kier alpha value is -1.88. The second kappa shape index (κ2) is 7.53. The second-order valence-electron chi connectivity index (χ2n) is 4.43. The van der Waals surface area contributed by atoms with E-state index in [9.17, 15) is 9.59 Å². The molecule has 19 heavy (non-hydrogen) atoms. The summed E-state index contributed by atoms with van der Waals surface area (Å²) in [7, 11) is 1.55. The number of hydrogen-bond acceptors (Lipinski definition) is 3. The Morgan fingerprint density at radius 2 is 2.00 bits per heavy atom. The Bertz CT molecular complexity index is 446. The smallest absolute Gasteiger partial charge is 0.253 e. The normalized spacial score (nSPS) is 11.7. The van der Waals surface area contributed by atoms with Gasteiger partial charge < -0.3 is 16.4 Å². The molecular formula is C14H21N3O2. The zero-order valence-electron chi connectivity index (χ0n) is 11.4. The third-order valence-electron chi connectivity index (χ3n) is 2.78. The molecule has 0 aliphatic carbocycles. The number of carbonyl (C=O) groups excluding carboxylic acids is 2. The fourth-order valence-electron chi connectivity index (χ4n) is 1.84. The second-order valence-corrected chi connectivity index (χ2v) is 4.43. The Morgan fingerprint density at radius 3 is 2.63 bits per heavy atom. The summed E-state index contributed by atoms with van der Waals surface area (Å²) in [6.07, 6.45) is 2.02. The van der Waals surface area contributed by atoms with E-state index in [0.29, 0.717) is 11.3 Å². The standard InChI is InChI=1S/C14H21N3O2/c1-3-6-10(15)9-13(18)17-12-8-5-4-7-11(12)14(19)16-2/h4-5,7-8,10H,3,6,9,15H2,1-2H3,(H,16,19)(H,17,18). The molecular weight excluding hydrogens is 242 g/mol. The molecule has 1 unspecified atom stereocenters. The number of nitrogens with one attached hydrogen (secondary N) is 2. The number of benzene rings is 1. The van der Waals surface area contributed by atoms with Crippen molar-refractivity contribution in [2.45, 2.75) is 32.2 Å². The first-order valence-corrected chi connectivity index (χ1v) is 6.45. The van der Waals surface area contributed by atoms with Crippen LogP contribution in [0.1, 0.15) is 36.5 Å². The van der Waals surface area contributed by atoms with Crippen molar-refractivity contribution in [3.05, 3.63) is 29.8 Å². The summed E-state index contributed by atoms with van der Waals surface area (Å²) in [6.45, 7) is 2.03. The van der Waals surface area contributed by atoms with Crippen LogP contribution in [0.15, 0.2) is 24.3 Å². The number of hydrogen-bond donors (Lipinski definition) is 3. The Labute approximate surface area is 113 Å². The number of anilines is 1. The lowest BCUT2D eigenvalue weighted by molar-refractivity contribution is -0.116. The summed E-state index contributed by atoms with van der Waals surface area (Å²) >= 11 is 0. The zero-order chi connectivity index (χ0) is 14.3. The van der Waals surface area contributed by atoms with E-state index in [-0.39, 0.29) is 24.3 Å². The minimum atomic E-state index is -0.228. The molecule has 5 heteroatoms. The highest BCUT2D eigenvalue weighted by atomic mass is 16.2. The maximum atomic E-state index is 11.8. The van der Waals surface area contributed by atoms with Crippen molar-refractivity contribution in [1.29, 1.82) is 0 Å². The molecule has 0 bridgehead atoms. The molecule has 5 nitrogen and oxygen atoms in total. The third-order valence-corrected chi connectivity index (χ3v) is 2.78. The van der Waals surface area contributed by atoms with Crippen LogP contribution >= 0.6 is 0 Å². The third kappa shape index (κ3) is 4.71. The number of carbonyl (C=O) groups is 2. The molecule has 0 aliphatic heterocycles. The van der Waals surface area contributed by atoms with Gasteiger partial charge in [0, 0.05) is 19.5 Å². The van der Waals surface area contributed by atoms with Gasteiger partial charge in [0.2, 0.25) is 5.91 Å². The van der Waals surface area contributed by atoms with Gasteiger partial charge in [-0.3, -0.25) is 9.59 Å². The van der Waals surface area contributed by atoms with Crippen LogP contribution in [-0.4, -0.2) is 24.9 Å². The summed E-state index contributed by atoms with van der Waals surface area (Å²) in [5.41, 5.74) is 6.78. The van der Waals surface area contributed by atoms with E-state index < -0.39 is 0 Å². The van der Waals surface area contributed by atoms with E-state index in [4.69, 9.17) is 5.73 Å². The van der Waals surface area contributed by atoms with Crippen LogP contribution in [0.5, 0.6) is 0 Å². The van der Waals surface area contributed by atoms with Crippen molar-refractivity contribution in [3.8, 4) is 0 Å². The quantitative estimate of drug-likeness (QED) is 0.727.